The molecule has 0 aliphatic heterocycles. The average molecular weight is 276 g/mol. The molecule has 0 aliphatic rings. The van der Waals surface area contributed by atoms with E-state index in [4.69, 9.17) is 5.11 Å². The van der Waals surface area contributed by atoms with Gasteiger partial charge in [-0.25, -0.2) is 0 Å². The molecule has 8 nitrogen and oxygen atoms in total. The van der Waals surface area contributed by atoms with Gasteiger partial charge >= 0.3 is 5.97 Å². The Hall–Kier alpha value is -2.77. The quantitative estimate of drug-likeness (QED) is 0.623. The number of nitro benzene ring substituents is 1. The Morgan fingerprint density at radius 1 is 1.35 bits per heavy atom. The van der Waals surface area contributed by atoms with E-state index in [1.165, 1.54) is 12.1 Å². The van der Waals surface area contributed by atoms with Gasteiger partial charge in [0.05, 0.1) is 17.0 Å². The number of nitro groups is 1. The van der Waals surface area contributed by atoms with Gasteiger partial charge in [0.25, 0.3) is 5.69 Å². The van der Waals surface area contributed by atoms with Crippen LogP contribution in [0.25, 0.3) is 0 Å². The van der Waals surface area contributed by atoms with E-state index in [2.05, 4.69) is 10.3 Å². The van der Waals surface area contributed by atoms with Crippen molar-refractivity contribution in [3.05, 3.63) is 51.8 Å². The Morgan fingerprint density at radius 3 is 2.65 bits per heavy atom. The van der Waals surface area contributed by atoms with E-state index >= 15 is 0 Å². The minimum Gasteiger partial charge on any atom is -0.481 e. The summed E-state index contributed by atoms with van der Waals surface area (Å²) in [4.78, 5) is 20.6. The van der Waals surface area contributed by atoms with Crippen LogP contribution in [-0.4, -0.2) is 31.0 Å². The van der Waals surface area contributed by atoms with E-state index in [0.717, 1.165) is 5.56 Å². The van der Waals surface area contributed by atoms with Crippen LogP contribution in [0, 0.1) is 10.1 Å². The standard InChI is InChI=1S/C12H12N4O4/c17-12(18)7-10-8-15(14-13-10)6-5-9-1-3-11(4-2-9)16(19)20/h1-4,8H,5-7H2,(H,17,18). The maximum Gasteiger partial charge on any atom is 0.309 e. The predicted molar refractivity (Wildman–Crippen MR) is 68.2 cm³/mol. The number of non-ortho nitro benzene ring substituents is 1. The van der Waals surface area contributed by atoms with Crippen LogP contribution in [-0.2, 0) is 24.2 Å². The number of hydrogen-bond donors (Lipinski definition) is 1. The molecule has 20 heavy (non-hydrogen) atoms. The smallest absolute Gasteiger partial charge is 0.309 e. The molecule has 0 aliphatic carbocycles. The summed E-state index contributed by atoms with van der Waals surface area (Å²) in [5, 5.41) is 26.7. The van der Waals surface area contributed by atoms with Crippen LogP contribution in [0.5, 0.6) is 0 Å². The number of nitrogens with zero attached hydrogens (tertiary/aromatic N) is 4. The third-order valence-electron chi connectivity index (χ3n) is 2.70. The van der Waals surface area contributed by atoms with Crippen molar-refractivity contribution in [1.29, 1.82) is 0 Å². The van der Waals surface area contributed by atoms with Crippen LogP contribution in [0.15, 0.2) is 30.5 Å². The fourth-order valence-electron chi connectivity index (χ4n) is 1.71. The highest BCUT2D eigenvalue weighted by Gasteiger charge is 2.07. The fraction of sp³-hybridized carbons (Fsp3) is 0.250. The Balaban J connectivity index is 1.93. The molecule has 1 aromatic carbocycles. The number of hydrogen-bond acceptors (Lipinski definition) is 5. The molecule has 0 saturated carbocycles. The molecule has 8 heteroatoms. The molecule has 2 aromatic rings. The van der Waals surface area contributed by atoms with Crippen molar-refractivity contribution in [1.82, 2.24) is 15.0 Å². The highest BCUT2D eigenvalue weighted by atomic mass is 16.6. The van der Waals surface area contributed by atoms with Crippen molar-refractivity contribution in [3.8, 4) is 0 Å². The maximum absolute atomic E-state index is 10.5. The second kappa shape index (κ2) is 5.91. The number of carboxylic acids is 1. The number of aryl methyl sites for hydroxylation is 2. The number of benzene rings is 1. The first-order valence-corrected chi connectivity index (χ1v) is 5.89. The minimum atomic E-state index is -0.951. The molecular weight excluding hydrogens is 264 g/mol. The molecule has 0 atom stereocenters. The van der Waals surface area contributed by atoms with Crippen molar-refractivity contribution in [3.63, 3.8) is 0 Å². The first kappa shape index (κ1) is 13.7. The average Bonchev–Trinajstić information content (AvgIpc) is 2.83. The molecule has 2 rings (SSSR count). The number of aliphatic carboxylic acids is 1. The molecule has 0 saturated heterocycles. The van der Waals surface area contributed by atoms with E-state index in [9.17, 15) is 14.9 Å². The Morgan fingerprint density at radius 2 is 2.05 bits per heavy atom. The van der Waals surface area contributed by atoms with Crippen molar-refractivity contribution in [2.75, 3.05) is 0 Å². The van der Waals surface area contributed by atoms with Crippen molar-refractivity contribution >= 4 is 11.7 Å². The lowest BCUT2D eigenvalue weighted by Crippen LogP contribution is -2.02. The van der Waals surface area contributed by atoms with Crippen LogP contribution in [0.3, 0.4) is 0 Å². The van der Waals surface area contributed by atoms with Gasteiger partial charge in [-0.05, 0) is 12.0 Å². The van der Waals surface area contributed by atoms with Gasteiger partial charge in [-0.1, -0.05) is 17.3 Å². The third kappa shape index (κ3) is 3.61. The molecule has 104 valence electrons. The predicted octanol–water partition coefficient (Wildman–Crippen LogP) is 1.06. The summed E-state index contributed by atoms with van der Waals surface area (Å²) >= 11 is 0. The highest BCUT2D eigenvalue weighted by molar-refractivity contribution is 5.69. The summed E-state index contributed by atoms with van der Waals surface area (Å²) in [6, 6.07) is 6.28. The van der Waals surface area contributed by atoms with Crippen LogP contribution in [0.1, 0.15) is 11.3 Å². The molecule has 0 radical (unpaired) electrons. The lowest BCUT2D eigenvalue weighted by Gasteiger charge is -2.01. The number of carboxylic acid groups (broad SMARTS) is 1. The van der Waals surface area contributed by atoms with Gasteiger partial charge in [0.1, 0.15) is 0 Å². The van der Waals surface area contributed by atoms with E-state index in [-0.39, 0.29) is 12.1 Å². The SMILES string of the molecule is O=C(O)Cc1cn(CCc2ccc([N+](=O)[O-])cc2)nn1. The van der Waals surface area contributed by atoms with Gasteiger partial charge in [-0.2, -0.15) is 0 Å². The monoisotopic (exact) mass is 276 g/mol. The van der Waals surface area contributed by atoms with Crippen LogP contribution in [0.4, 0.5) is 5.69 Å². The molecule has 0 fully saturated rings. The van der Waals surface area contributed by atoms with E-state index in [0.29, 0.717) is 18.7 Å². The molecular formula is C12H12N4O4. The number of carbonyl (C=O) groups is 1. The molecule has 1 N–H and O–H groups in total. The molecule has 0 amide bonds. The van der Waals surface area contributed by atoms with Crippen molar-refractivity contribution in [2.24, 2.45) is 0 Å². The van der Waals surface area contributed by atoms with Gasteiger partial charge < -0.3 is 5.11 Å². The van der Waals surface area contributed by atoms with Crippen LogP contribution in [0.2, 0.25) is 0 Å². The number of aromatic nitrogens is 3. The lowest BCUT2D eigenvalue weighted by molar-refractivity contribution is -0.384. The largest absolute Gasteiger partial charge is 0.481 e. The van der Waals surface area contributed by atoms with E-state index < -0.39 is 10.9 Å². The molecule has 0 bridgehead atoms. The van der Waals surface area contributed by atoms with Gasteiger partial charge in [0.2, 0.25) is 0 Å². The van der Waals surface area contributed by atoms with Crippen LogP contribution < -0.4 is 0 Å². The van der Waals surface area contributed by atoms with Gasteiger partial charge in [-0.15, -0.1) is 5.10 Å². The second-order valence-corrected chi connectivity index (χ2v) is 4.22. The van der Waals surface area contributed by atoms with Gasteiger partial charge in [-0.3, -0.25) is 19.6 Å². The highest BCUT2D eigenvalue weighted by Crippen LogP contribution is 2.12. The molecule has 1 aromatic heterocycles. The van der Waals surface area contributed by atoms with Crippen molar-refractivity contribution in [2.45, 2.75) is 19.4 Å². The topological polar surface area (TPSA) is 111 Å². The lowest BCUT2D eigenvalue weighted by atomic mass is 10.1. The number of rotatable bonds is 6. The summed E-state index contributed by atoms with van der Waals surface area (Å²) in [6.07, 6.45) is 2.06. The Kier molecular flexibility index (Phi) is 4.04. The summed E-state index contributed by atoms with van der Waals surface area (Å²) in [7, 11) is 0. The second-order valence-electron chi connectivity index (χ2n) is 4.22. The van der Waals surface area contributed by atoms with E-state index in [1.807, 2.05) is 0 Å². The first-order valence-electron chi connectivity index (χ1n) is 5.89. The zero-order valence-electron chi connectivity index (χ0n) is 10.5. The van der Waals surface area contributed by atoms with Gasteiger partial charge in [0.15, 0.2) is 0 Å². The molecule has 0 spiro atoms. The third-order valence-corrected chi connectivity index (χ3v) is 2.70. The summed E-state index contributed by atoms with van der Waals surface area (Å²) in [5.74, 6) is -0.951. The zero-order valence-corrected chi connectivity index (χ0v) is 10.5. The minimum absolute atomic E-state index is 0.0539. The Bertz CT molecular complexity index is 621. The zero-order chi connectivity index (χ0) is 14.5. The summed E-state index contributed by atoms with van der Waals surface area (Å²) < 4.78 is 1.56. The maximum atomic E-state index is 10.5. The molecule has 0 unspecified atom stereocenters. The molecule has 1 heterocycles. The Labute approximate surface area is 113 Å². The van der Waals surface area contributed by atoms with Crippen molar-refractivity contribution < 1.29 is 14.8 Å². The van der Waals surface area contributed by atoms with Gasteiger partial charge in [0, 0.05) is 24.9 Å². The summed E-state index contributed by atoms with van der Waals surface area (Å²) in [5.41, 5.74) is 1.39. The first-order chi connectivity index (χ1) is 9.54. The normalized spacial score (nSPS) is 10.4. The summed E-state index contributed by atoms with van der Waals surface area (Å²) in [6.45, 7) is 0.532. The fourth-order valence-corrected chi connectivity index (χ4v) is 1.71. The van der Waals surface area contributed by atoms with E-state index in [1.54, 1.807) is 23.0 Å². The van der Waals surface area contributed by atoms with Crippen LogP contribution >= 0.6 is 0 Å².